The van der Waals surface area contributed by atoms with Crippen LogP contribution >= 0.6 is 0 Å². The first-order chi connectivity index (χ1) is 8.22. The fraction of sp³-hybridized carbons (Fsp3) is 1.00. The Morgan fingerprint density at radius 3 is 2.29 bits per heavy atom. The van der Waals surface area contributed by atoms with Gasteiger partial charge >= 0.3 is 0 Å². The van der Waals surface area contributed by atoms with Gasteiger partial charge in [0.2, 0.25) is 0 Å². The van der Waals surface area contributed by atoms with E-state index in [4.69, 9.17) is 4.74 Å². The van der Waals surface area contributed by atoms with Crippen molar-refractivity contribution in [2.24, 2.45) is 11.8 Å². The number of hydrogen-bond donors (Lipinski definition) is 1. The SMILES string of the molecule is CC1CNCC(C)CN(C2CC3CCC2O3)C1. The maximum Gasteiger partial charge on any atom is 0.0735 e. The molecule has 0 amide bonds. The monoisotopic (exact) mass is 238 g/mol. The third-order valence-electron chi connectivity index (χ3n) is 4.62. The molecule has 98 valence electrons. The van der Waals surface area contributed by atoms with Crippen molar-refractivity contribution in [1.82, 2.24) is 10.2 Å². The highest BCUT2D eigenvalue weighted by Gasteiger charge is 2.43. The van der Waals surface area contributed by atoms with Crippen molar-refractivity contribution in [3.8, 4) is 0 Å². The highest BCUT2D eigenvalue weighted by Crippen LogP contribution is 2.37. The maximum atomic E-state index is 6.02. The second kappa shape index (κ2) is 4.87. The summed E-state index contributed by atoms with van der Waals surface area (Å²) in [7, 11) is 0. The van der Waals surface area contributed by atoms with Crippen molar-refractivity contribution < 1.29 is 4.74 Å². The van der Waals surface area contributed by atoms with Gasteiger partial charge in [-0.2, -0.15) is 0 Å². The molecule has 3 heterocycles. The minimum absolute atomic E-state index is 0.548. The highest BCUT2D eigenvalue weighted by molar-refractivity contribution is 4.96. The van der Waals surface area contributed by atoms with E-state index in [0.717, 1.165) is 17.9 Å². The van der Waals surface area contributed by atoms with Crippen LogP contribution < -0.4 is 5.32 Å². The van der Waals surface area contributed by atoms with E-state index >= 15 is 0 Å². The van der Waals surface area contributed by atoms with E-state index in [1.54, 1.807) is 0 Å². The molecule has 17 heavy (non-hydrogen) atoms. The average Bonchev–Trinajstić information content (AvgIpc) is 2.87. The van der Waals surface area contributed by atoms with Gasteiger partial charge in [0.1, 0.15) is 0 Å². The normalized spacial score (nSPS) is 48.0. The van der Waals surface area contributed by atoms with Gasteiger partial charge in [0, 0.05) is 19.1 Å². The van der Waals surface area contributed by atoms with E-state index in [1.807, 2.05) is 0 Å². The van der Waals surface area contributed by atoms with Crippen LogP contribution in [0.15, 0.2) is 0 Å². The summed E-state index contributed by atoms with van der Waals surface area (Å²) >= 11 is 0. The van der Waals surface area contributed by atoms with Gasteiger partial charge in [-0.15, -0.1) is 0 Å². The van der Waals surface area contributed by atoms with Gasteiger partial charge in [-0.05, 0) is 44.2 Å². The first kappa shape index (κ1) is 11.9. The van der Waals surface area contributed by atoms with Crippen LogP contribution in [0.4, 0.5) is 0 Å². The molecule has 5 atom stereocenters. The largest absolute Gasteiger partial charge is 0.373 e. The Hall–Kier alpha value is -0.120. The van der Waals surface area contributed by atoms with Crippen molar-refractivity contribution in [2.45, 2.75) is 51.4 Å². The molecule has 5 unspecified atom stereocenters. The van der Waals surface area contributed by atoms with E-state index in [2.05, 4.69) is 24.1 Å². The third kappa shape index (κ3) is 2.51. The van der Waals surface area contributed by atoms with Crippen molar-refractivity contribution in [2.75, 3.05) is 26.2 Å². The Morgan fingerprint density at radius 2 is 1.76 bits per heavy atom. The Labute approximate surface area is 105 Å². The van der Waals surface area contributed by atoms with Crippen LogP contribution in [0, 0.1) is 11.8 Å². The minimum Gasteiger partial charge on any atom is -0.373 e. The highest BCUT2D eigenvalue weighted by atomic mass is 16.5. The predicted octanol–water partition coefficient (Wildman–Crippen LogP) is 1.48. The predicted molar refractivity (Wildman–Crippen MR) is 69.1 cm³/mol. The second-order valence-electron chi connectivity index (χ2n) is 6.50. The lowest BCUT2D eigenvalue weighted by molar-refractivity contribution is 0.0555. The summed E-state index contributed by atoms with van der Waals surface area (Å²) in [5.74, 6) is 1.53. The average molecular weight is 238 g/mol. The van der Waals surface area contributed by atoms with Crippen LogP contribution in [-0.2, 0) is 4.74 Å². The van der Waals surface area contributed by atoms with E-state index < -0.39 is 0 Å². The first-order valence-electron chi connectivity index (χ1n) is 7.32. The summed E-state index contributed by atoms with van der Waals surface area (Å²) in [5, 5.41) is 3.57. The van der Waals surface area contributed by atoms with E-state index in [0.29, 0.717) is 12.2 Å². The lowest BCUT2D eigenvalue weighted by atomic mass is 9.92. The molecule has 3 nitrogen and oxygen atoms in total. The summed E-state index contributed by atoms with van der Waals surface area (Å²) in [5.41, 5.74) is 0. The van der Waals surface area contributed by atoms with Crippen molar-refractivity contribution >= 4 is 0 Å². The Bertz CT molecular complexity index is 259. The van der Waals surface area contributed by atoms with Gasteiger partial charge < -0.3 is 10.1 Å². The lowest BCUT2D eigenvalue weighted by Gasteiger charge is -2.38. The number of fused-ring (bicyclic) bond motifs is 2. The zero-order chi connectivity index (χ0) is 11.8. The second-order valence-corrected chi connectivity index (χ2v) is 6.50. The number of nitrogens with zero attached hydrogens (tertiary/aromatic N) is 1. The van der Waals surface area contributed by atoms with Crippen molar-refractivity contribution in [3.63, 3.8) is 0 Å². The van der Waals surface area contributed by atoms with Crippen molar-refractivity contribution in [3.05, 3.63) is 0 Å². The molecule has 0 aromatic carbocycles. The van der Waals surface area contributed by atoms with Crippen LogP contribution in [0.5, 0.6) is 0 Å². The number of nitrogens with one attached hydrogen (secondary N) is 1. The van der Waals surface area contributed by atoms with Gasteiger partial charge in [-0.25, -0.2) is 0 Å². The summed E-state index contributed by atoms with van der Waals surface area (Å²) in [6, 6.07) is 0.719. The fourth-order valence-electron chi connectivity index (χ4n) is 3.85. The smallest absolute Gasteiger partial charge is 0.0735 e. The van der Waals surface area contributed by atoms with Gasteiger partial charge in [0.25, 0.3) is 0 Å². The molecule has 0 radical (unpaired) electrons. The molecule has 2 bridgehead atoms. The molecular formula is C14H26N2O. The van der Waals surface area contributed by atoms with Gasteiger partial charge in [0.05, 0.1) is 12.2 Å². The zero-order valence-corrected chi connectivity index (χ0v) is 11.2. The van der Waals surface area contributed by atoms with Crippen LogP contribution in [0.3, 0.4) is 0 Å². The summed E-state index contributed by atoms with van der Waals surface area (Å²) in [4.78, 5) is 2.74. The third-order valence-corrected chi connectivity index (χ3v) is 4.62. The molecule has 0 spiro atoms. The first-order valence-corrected chi connectivity index (χ1v) is 7.32. The van der Waals surface area contributed by atoms with E-state index in [-0.39, 0.29) is 0 Å². The van der Waals surface area contributed by atoms with Crippen LogP contribution in [-0.4, -0.2) is 49.3 Å². The number of hydrogen-bond acceptors (Lipinski definition) is 3. The molecule has 3 fully saturated rings. The lowest BCUT2D eigenvalue weighted by Crippen LogP contribution is -2.50. The summed E-state index contributed by atoms with van der Waals surface area (Å²) in [6.07, 6.45) is 5.03. The molecule has 0 saturated carbocycles. The quantitative estimate of drug-likeness (QED) is 0.749. The maximum absolute atomic E-state index is 6.02. The number of rotatable bonds is 1. The topological polar surface area (TPSA) is 24.5 Å². The standard InChI is InChI=1S/C14H26N2O/c1-10-6-15-7-11(2)9-16(8-10)13-5-12-3-4-14(13)17-12/h10-15H,3-9H2,1-2H3. The minimum atomic E-state index is 0.548. The van der Waals surface area contributed by atoms with E-state index in [9.17, 15) is 0 Å². The van der Waals surface area contributed by atoms with Gasteiger partial charge in [-0.3, -0.25) is 4.90 Å². The van der Waals surface area contributed by atoms with Gasteiger partial charge in [0.15, 0.2) is 0 Å². The Balaban J connectivity index is 1.66. The Kier molecular flexibility index (Phi) is 3.42. The Morgan fingerprint density at radius 1 is 1.06 bits per heavy atom. The summed E-state index contributed by atoms with van der Waals surface area (Å²) in [6.45, 7) is 9.56. The van der Waals surface area contributed by atoms with Crippen molar-refractivity contribution in [1.29, 1.82) is 0 Å². The van der Waals surface area contributed by atoms with Crippen LogP contribution in [0.1, 0.15) is 33.1 Å². The van der Waals surface area contributed by atoms with Crippen LogP contribution in [0.2, 0.25) is 0 Å². The van der Waals surface area contributed by atoms with Crippen LogP contribution in [0.25, 0.3) is 0 Å². The number of ether oxygens (including phenoxy) is 1. The molecular weight excluding hydrogens is 212 g/mol. The molecule has 0 aromatic rings. The van der Waals surface area contributed by atoms with Gasteiger partial charge in [-0.1, -0.05) is 13.8 Å². The summed E-state index contributed by atoms with van der Waals surface area (Å²) < 4.78 is 6.02. The van der Waals surface area contributed by atoms with E-state index in [1.165, 1.54) is 45.4 Å². The zero-order valence-electron chi connectivity index (χ0n) is 11.2. The molecule has 3 heteroatoms. The molecule has 3 aliphatic rings. The molecule has 0 aromatic heterocycles. The molecule has 3 rings (SSSR count). The molecule has 3 aliphatic heterocycles. The fourth-order valence-corrected chi connectivity index (χ4v) is 3.85. The molecule has 1 N–H and O–H groups in total. The molecule has 0 aliphatic carbocycles. The molecule has 3 saturated heterocycles.